The van der Waals surface area contributed by atoms with Gasteiger partial charge in [0.25, 0.3) is 0 Å². The van der Waals surface area contributed by atoms with E-state index in [9.17, 15) is 0 Å². The molecule has 0 heterocycles. The van der Waals surface area contributed by atoms with E-state index in [1.165, 1.54) is 65.5 Å². The predicted octanol–water partition coefficient (Wildman–Crippen LogP) is 0.0790. The fraction of sp³-hybridized carbons (Fsp3) is 0.292. The van der Waals surface area contributed by atoms with Crippen LogP contribution in [0.15, 0.2) is 54.6 Å². The van der Waals surface area contributed by atoms with Crippen LogP contribution in [0.4, 0.5) is 0 Å². The van der Waals surface area contributed by atoms with E-state index >= 15 is 0 Å². The minimum Gasteiger partial charge on any atom is -0.147 e. The van der Waals surface area contributed by atoms with Gasteiger partial charge in [-0.25, -0.2) is 0 Å². The summed E-state index contributed by atoms with van der Waals surface area (Å²) >= 11 is 1.69. The summed E-state index contributed by atoms with van der Waals surface area (Å²) in [5.41, 5.74) is 8.16. The Bertz CT molecular complexity index is 856. The molecule has 2 aromatic carbocycles. The van der Waals surface area contributed by atoms with Crippen molar-refractivity contribution in [1.82, 2.24) is 0 Å². The zero-order valence-electron chi connectivity index (χ0n) is 15.4. The molecule has 0 saturated heterocycles. The van der Waals surface area contributed by atoms with Crippen LogP contribution in [0, 0.1) is 6.07 Å². The van der Waals surface area contributed by atoms with Crippen molar-refractivity contribution < 1.29 is 49.0 Å². The van der Waals surface area contributed by atoms with Crippen LogP contribution in [0.5, 0.6) is 0 Å². The van der Waals surface area contributed by atoms with Crippen LogP contribution in [0.25, 0.3) is 16.7 Å². The molecule has 0 N–H and O–H groups in total. The molecule has 0 atom stereocenters. The number of hydrogen-bond donors (Lipinski definition) is 0. The maximum absolute atomic E-state index is 3.61. The van der Waals surface area contributed by atoms with E-state index in [-0.39, 0.29) is 24.8 Å². The summed E-state index contributed by atoms with van der Waals surface area (Å²) in [7, 11) is 0. The third kappa shape index (κ3) is 5.41. The fourth-order valence-corrected chi connectivity index (χ4v) is 4.74. The minimum atomic E-state index is 0. The first-order chi connectivity index (χ1) is 12.3. The Balaban J connectivity index is 0.000000250. The van der Waals surface area contributed by atoms with Crippen molar-refractivity contribution in [2.24, 2.45) is 0 Å². The number of allylic oxidation sites excluding steroid dienone is 4. The van der Waals surface area contributed by atoms with E-state index < -0.39 is 0 Å². The number of halogens is 2. The van der Waals surface area contributed by atoms with Crippen LogP contribution in [-0.4, -0.2) is 3.21 Å². The molecular weight excluding hydrogens is 450 g/mol. The molecule has 0 nitrogen and oxygen atoms in total. The molecular formula is C24H23Cl2Zr-. The van der Waals surface area contributed by atoms with Gasteiger partial charge >= 0.3 is 59.5 Å². The number of fused-ring (bicyclic) bond motifs is 3. The summed E-state index contributed by atoms with van der Waals surface area (Å²) in [6.07, 6.45) is 15.9. The molecule has 5 rings (SSSR count). The Labute approximate surface area is 190 Å². The summed E-state index contributed by atoms with van der Waals surface area (Å²) in [6, 6.07) is 16.7. The van der Waals surface area contributed by atoms with Gasteiger partial charge in [0.15, 0.2) is 0 Å². The second-order valence-electron chi connectivity index (χ2n) is 7.09. The van der Waals surface area contributed by atoms with E-state index in [4.69, 9.17) is 0 Å². The average molecular weight is 474 g/mol. The molecule has 0 bridgehead atoms. The Kier molecular flexibility index (Phi) is 8.94. The maximum Gasteiger partial charge on any atom is -0.0195 e. The molecule has 0 aliphatic heterocycles. The first-order valence-electron chi connectivity index (χ1n) is 9.37. The van der Waals surface area contributed by atoms with Crippen molar-refractivity contribution >= 4 is 8.78 Å². The minimum absolute atomic E-state index is 0. The fourth-order valence-electron chi connectivity index (χ4n) is 3.87. The molecule has 1 saturated carbocycles. The maximum atomic E-state index is 3.61. The quantitative estimate of drug-likeness (QED) is 0.440. The molecule has 0 radical (unpaired) electrons. The van der Waals surface area contributed by atoms with Crippen LogP contribution in [0.2, 0.25) is 0 Å². The predicted molar refractivity (Wildman–Crippen MR) is 103 cm³/mol. The third-order valence-electron chi connectivity index (χ3n) is 5.28. The molecule has 27 heavy (non-hydrogen) atoms. The third-order valence-corrected chi connectivity index (χ3v) is 6.51. The monoisotopic (exact) mass is 471 g/mol. The van der Waals surface area contributed by atoms with Crippen LogP contribution in [-0.2, 0) is 30.7 Å². The molecule has 0 amide bonds. The van der Waals surface area contributed by atoms with E-state index in [1.807, 2.05) is 0 Å². The van der Waals surface area contributed by atoms with Crippen molar-refractivity contribution in [3.05, 3.63) is 77.4 Å². The van der Waals surface area contributed by atoms with Crippen LogP contribution in [0.3, 0.4) is 0 Å². The molecule has 3 aliphatic carbocycles. The second-order valence-corrected chi connectivity index (χ2v) is 8.82. The van der Waals surface area contributed by atoms with Crippen LogP contribution in [0.1, 0.15) is 55.2 Å². The molecule has 0 unspecified atom stereocenters. The summed E-state index contributed by atoms with van der Waals surface area (Å²) in [5.74, 6) is 0. The Hall–Kier alpha value is -0.747. The summed E-state index contributed by atoms with van der Waals surface area (Å²) in [4.78, 5) is 0. The standard InChI is InChI=1S/C18H13.C6H10.2ClH.Zr/c1-2-6-13(5-1)14-9-10-18-16(11-14)12-15-7-3-4-8-17(15)18;1-2-4-6-5-3-1;;;/h1-5,7-10H,6,12H2;1-5H2;2*1H;/q-1;;;;+2/p-2. The van der Waals surface area contributed by atoms with E-state index in [0.29, 0.717) is 0 Å². The van der Waals surface area contributed by atoms with Crippen molar-refractivity contribution in [2.75, 3.05) is 0 Å². The van der Waals surface area contributed by atoms with E-state index in [1.54, 1.807) is 27.4 Å². The molecule has 0 aromatic heterocycles. The summed E-state index contributed by atoms with van der Waals surface area (Å²) < 4.78 is 1.80. The van der Waals surface area contributed by atoms with E-state index in [2.05, 4.69) is 60.7 Å². The largest absolute Gasteiger partial charge is 0.147 e. The first-order valence-corrected chi connectivity index (χ1v) is 10.6. The van der Waals surface area contributed by atoms with Crippen molar-refractivity contribution in [3.8, 4) is 11.1 Å². The molecule has 3 aliphatic rings. The number of benzene rings is 2. The van der Waals surface area contributed by atoms with Gasteiger partial charge in [0, 0.05) is 0 Å². The Morgan fingerprint density at radius 2 is 1.63 bits per heavy atom. The van der Waals surface area contributed by atoms with Crippen LogP contribution < -0.4 is 24.8 Å². The normalized spacial score (nSPS) is 16.2. The molecule has 3 heteroatoms. The first kappa shape index (κ1) is 22.5. The molecule has 0 spiro atoms. The van der Waals surface area contributed by atoms with Gasteiger partial charge in [-0.2, -0.15) is 0 Å². The number of hydrogen-bond acceptors (Lipinski definition) is 0. The van der Waals surface area contributed by atoms with Gasteiger partial charge in [0.05, 0.1) is 0 Å². The van der Waals surface area contributed by atoms with Gasteiger partial charge in [-0.3, -0.25) is 0 Å². The van der Waals surface area contributed by atoms with Gasteiger partial charge in [-0.05, 0) is 18.4 Å². The topological polar surface area (TPSA) is 0 Å². The van der Waals surface area contributed by atoms with Gasteiger partial charge in [0.1, 0.15) is 0 Å². The molecule has 2 aromatic rings. The van der Waals surface area contributed by atoms with Gasteiger partial charge < -0.3 is 24.8 Å². The molecule has 1 fully saturated rings. The van der Waals surface area contributed by atoms with Crippen molar-refractivity contribution in [2.45, 2.75) is 44.9 Å². The Morgan fingerprint density at radius 1 is 0.852 bits per heavy atom. The zero-order chi connectivity index (χ0) is 17.1. The number of rotatable bonds is 1. The Morgan fingerprint density at radius 3 is 2.30 bits per heavy atom. The molecule has 138 valence electrons. The second kappa shape index (κ2) is 10.7. The van der Waals surface area contributed by atoms with Crippen molar-refractivity contribution in [1.29, 1.82) is 0 Å². The summed E-state index contributed by atoms with van der Waals surface area (Å²) in [5, 5.41) is 0. The zero-order valence-corrected chi connectivity index (χ0v) is 19.4. The SMILES string of the molecule is [Cl-].[Cl-].[Zr+2]=[C]1CCCCC1.[c-]1c(C2=CC=CC2)ccc2c1Cc1ccccc1-2. The average Bonchev–Trinajstić information content (AvgIpc) is 3.30. The summed E-state index contributed by atoms with van der Waals surface area (Å²) in [6.45, 7) is 0. The van der Waals surface area contributed by atoms with Gasteiger partial charge in [-0.1, -0.05) is 47.5 Å². The smallest absolute Gasteiger partial charge is 0.0195 e. The van der Waals surface area contributed by atoms with Crippen molar-refractivity contribution in [3.63, 3.8) is 0 Å². The van der Waals surface area contributed by atoms with E-state index in [0.717, 1.165) is 12.8 Å². The van der Waals surface area contributed by atoms with Crippen LogP contribution >= 0.6 is 0 Å². The van der Waals surface area contributed by atoms with Gasteiger partial charge in [-0.15, -0.1) is 41.0 Å². The van der Waals surface area contributed by atoms with Gasteiger partial charge in [0.2, 0.25) is 0 Å².